The van der Waals surface area contributed by atoms with Gasteiger partial charge in [0.25, 0.3) is 0 Å². The molecule has 3 nitrogen and oxygen atoms in total. The molecule has 0 amide bonds. The van der Waals surface area contributed by atoms with Crippen molar-refractivity contribution in [3.05, 3.63) is 12.2 Å². The molecular formula is C13H26N2O. The lowest BCUT2D eigenvalue weighted by Crippen LogP contribution is -2.53. The summed E-state index contributed by atoms with van der Waals surface area (Å²) in [6, 6.07) is 0.684. The van der Waals surface area contributed by atoms with Crippen molar-refractivity contribution in [2.24, 2.45) is 0 Å². The maximum Gasteiger partial charge on any atom is 0.0589 e. The molecule has 1 atom stereocenters. The fourth-order valence-corrected chi connectivity index (χ4v) is 2.37. The highest BCUT2D eigenvalue weighted by molar-refractivity contribution is 4.94. The molecule has 1 fully saturated rings. The minimum atomic E-state index is 0.684. The van der Waals surface area contributed by atoms with Gasteiger partial charge in [-0.1, -0.05) is 19.1 Å². The van der Waals surface area contributed by atoms with Crippen molar-refractivity contribution in [1.29, 1.82) is 0 Å². The van der Waals surface area contributed by atoms with Crippen LogP contribution in [-0.2, 0) is 4.74 Å². The predicted molar refractivity (Wildman–Crippen MR) is 68.8 cm³/mol. The molecule has 1 saturated heterocycles. The fraction of sp³-hybridized carbons (Fsp3) is 0.846. The molecule has 1 aliphatic heterocycles. The molecule has 16 heavy (non-hydrogen) atoms. The van der Waals surface area contributed by atoms with Gasteiger partial charge in [-0.15, -0.1) is 0 Å². The van der Waals surface area contributed by atoms with Crippen molar-refractivity contribution < 1.29 is 4.74 Å². The summed E-state index contributed by atoms with van der Waals surface area (Å²) in [6.45, 7) is 14.8. The van der Waals surface area contributed by atoms with E-state index in [1.807, 2.05) is 0 Å². The standard InChI is InChI=1S/C13H26N2O/c1-5-13-11-14(10-12(2)3)6-7-15(13)8-9-16-4/h13H,2,5-11H2,1,3-4H3. The Hall–Kier alpha value is -0.380. The Morgan fingerprint density at radius 3 is 2.75 bits per heavy atom. The van der Waals surface area contributed by atoms with Crippen LogP contribution in [0.3, 0.4) is 0 Å². The van der Waals surface area contributed by atoms with E-state index < -0.39 is 0 Å². The van der Waals surface area contributed by atoms with Gasteiger partial charge >= 0.3 is 0 Å². The van der Waals surface area contributed by atoms with E-state index in [1.54, 1.807) is 7.11 Å². The van der Waals surface area contributed by atoms with Gasteiger partial charge in [-0.05, 0) is 13.3 Å². The maximum atomic E-state index is 5.16. The summed E-state index contributed by atoms with van der Waals surface area (Å²) in [5.41, 5.74) is 1.26. The number of piperazine rings is 1. The predicted octanol–water partition coefficient (Wildman–Crippen LogP) is 1.61. The molecule has 0 aliphatic carbocycles. The second-order valence-electron chi connectivity index (χ2n) is 4.78. The van der Waals surface area contributed by atoms with Crippen LogP contribution in [-0.4, -0.2) is 62.3 Å². The monoisotopic (exact) mass is 226 g/mol. The first-order chi connectivity index (χ1) is 7.67. The van der Waals surface area contributed by atoms with E-state index in [-0.39, 0.29) is 0 Å². The molecule has 0 saturated carbocycles. The second-order valence-corrected chi connectivity index (χ2v) is 4.78. The summed E-state index contributed by atoms with van der Waals surface area (Å²) in [5, 5.41) is 0. The summed E-state index contributed by atoms with van der Waals surface area (Å²) in [6.07, 6.45) is 1.22. The van der Waals surface area contributed by atoms with E-state index in [1.165, 1.54) is 18.5 Å². The number of rotatable bonds is 6. The molecule has 0 N–H and O–H groups in total. The van der Waals surface area contributed by atoms with Gasteiger partial charge in [0.1, 0.15) is 0 Å². The third-order valence-corrected chi connectivity index (χ3v) is 3.24. The Kier molecular flexibility index (Phi) is 6.03. The van der Waals surface area contributed by atoms with Crippen LogP contribution in [0.15, 0.2) is 12.2 Å². The average molecular weight is 226 g/mol. The van der Waals surface area contributed by atoms with E-state index in [2.05, 4.69) is 30.2 Å². The first kappa shape index (κ1) is 13.7. The van der Waals surface area contributed by atoms with Crippen LogP contribution in [0.5, 0.6) is 0 Å². The Balaban J connectivity index is 2.40. The Morgan fingerprint density at radius 1 is 1.44 bits per heavy atom. The molecule has 0 bridgehead atoms. The third kappa shape index (κ3) is 4.24. The van der Waals surface area contributed by atoms with Crippen LogP contribution in [0, 0.1) is 0 Å². The van der Waals surface area contributed by atoms with Crippen LogP contribution in [0.1, 0.15) is 20.3 Å². The summed E-state index contributed by atoms with van der Waals surface area (Å²) in [5.74, 6) is 0. The number of nitrogens with zero attached hydrogens (tertiary/aromatic N) is 2. The van der Waals surface area contributed by atoms with Crippen molar-refractivity contribution >= 4 is 0 Å². The van der Waals surface area contributed by atoms with Crippen LogP contribution in [0.4, 0.5) is 0 Å². The number of ether oxygens (including phenoxy) is 1. The second kappa shape index (κ2) is 7.05. The molecule has 0 aromatic rings. The lowest BCUT2D eigenvalue weighted by Gasteiger charge is -2.41. The van der Waals surface area contributed by atoms with Crippen molar-refractivity contribution in [3.8, 4) is 0 Å². The van der Waals surface area contributed by atoms with Gasteiger partial charge in [0.05, 0.1) is 6.61 Å². The van der Waals surface area contributed by atoms with Gasteiger partial charge in [-0.3, -0.25) is 9.80 Å². The molecule has 1 unspecified atom stereocenters. The summed E-state index contributed by atoms with van der Waals surface area (Å²) >= 11 is 0. The molecule has 1 heterocycles. The first-order valence-electron chi connectivity index (χ1n) is 6.27. The molecule has 0 aromatic carbocycles. The van der Waals surface area contributed by atoms with E-state index in [0.717, 1.165) is 32.8 Å². The van der Waals surface area contributed by atoms with Crippen molar-refractivity contribution in [3.63, 3.8) is 0 Å². The third-order valence-electron chi connectivity index (χ3n) is 3.24. The zero-order valence-electron chi connectivity index (χ0n) is 11.0. The number of methoxy groups -OCH3 is 1. The highest BCUT2D eigenvalue weighted by atomic mass is 16.5. The number of hydrogen-bond donors (Lipinski definition) is 0. The van der Waals surface area contributed by atoms with Gasteiger partial charge in [0, 0.05) is 45.9 Å². The van der Waals surface area contributed by atoms with E-state index in [0.29, 0.717) is 6.04 Å². The highest BCUT2D eigenvalue weighted by Crippen LogP contribution is 2.13. The molecule has 0 spiro atoms. The zero-order chi connectivity index (χ0) is 12.0. The van der Waals surface area contributed by atoms with Crippen molar-refractivity contribution in [2.45, 2.75) is 26.3 Å². The Labute approximate surface area is 100 Å². The van der Waals surface area contributed by atoms with Gasteiger partial charge < -0.3 is 4.74 Å². The minimum Gasteiger partial charge on any atom is -0.383 e. The fourth-order valence-electron chi connectivity index (χ4n) is 2.37. The summed E-state index contributed by atoms with van der Waals surface area (Å²) in [4.78, 5) is 5.07. The molecule has 94 valence electrons. The topological polar surface area (TPSA) is 15.7 Å². The molecule has 1 rings (SSSR count). The Morgan fingerprint density at radius 2 is 2.19 bits per heavy atom. The molecule has 0 aromatic heterocycles. The quantitative estimate of drug-likeness (QED) is 0.640. The van der Waals surface area contributed by atoms with Gasteiger partial charge in [0.2, 0.25) is 0 Å². The van der Waals surface area contributed by atoms with Crippen LogP contribution in [0.25, 0.3) is 0 Å². The molecule has 1 aliphatic rings. The molecular weight excluding hydrogens is 200 g/mol. The lowest BCUT2D eigenvalue weighted by molar-refractivity contribution is 0.0537. The average Bonchev–Trinajstić information content (AvgIpc) is 2.26. The molecule has 0 radical (unpaired) electrons. The largest absolute Gasteiger partial charge is 0.383 e. The van der Waals surface area contributed by atoms with Crippen molar-refractivity contribution in [2.75, 3.05) is 46.4 Å². The first-order valence-corrected chi connectivity index (χ1v) is 6.27. The van der Waals surface area contributed by atoms with E-state index in [4.69, 9.17) is 4.74 Å². The van der Waals surface area contributed by atoms with Crippen molar-refractivity contribution in [1.82, 2.24) is 9.80 Å². The zero-order valence-corrected chi connectivity index (χ0v) is 11.0. The minimum absolute atomic E-state index is 0.684. The van der Waals surface area contributed by atoms with E-state index >= 15 is 0 Å². The van der Waals surface area contributed by atoms with E-state index in [9.17, 15) is 0 Å². The van der Waals surface area contributed by atoms with Crippen LogP contribution < -0.4 is 0 Å². The lowest BCUT2D eigenvalue weighted by atomic mass is 10.1. The Bertz CT molecular complexity index is 218. The van der Waals surface area contributed by atoms with Crippen LogP contribution in [0.2, 0.25) is 0 Å². The summed E-state index contributed by atoms with van der Waals surface area (Å²) < 4.78 is 5.16. The smallest absolute Gasteiger partial charge is 0.0589 e. The summed E-state index contributed by atoms with van der Waals surface area (Å²) in [7, 11) is 1.78. The van der Waals surface area contributed by atoms with Gasteiger partial charge in [-0.25, -0.2) is 0 Å². The number of hydrogen-bond acceptors (Lipinski definition) is 3. The molecule has 3 heteroatoms. The van der Waals surface area contributed by atoms with Crippen LogP contribution >= 0.6 is 0 Å². The normalized spacial score (nSPS) is 23.6. The van der Waals surface area contributed by atoms with Gasteiger partial charge in [-0.2, -0.15) is 0 Å². The maximum absolute atomic E-state index is 5.16. The SMILES string of the molecule is C=C(C)CN1CCN(CCOC)C(CC)C1. The highest BCUT2D eigenvalue weighted by Gasteiger charge is 2.24. The van der Waals surface area contributed by atoms with Gasteiger partial charge in [0.15, 0.2) is 0 Å².